The van der Waals surface area contributed by atoms with Crippen molar-refractivity contribution in [1.82, 2.24) is 0 Å². The summed E-state index contributed by atoms with van der Waals surface area (Å²) in [6.45, 7) is 0. The zero-order valence-corrected chi connectivity index (χ0v) is 17.6. The molecule has 1 saturated heterocycles. The van der Waals surface area contributed by atoms with E-state index in [1.54, 1.807) is 19.1 Å². The fraction of sp³-hybridized carbons (Fsp3) is 0.174. The van der Waals surface area contributed by atoms with Gasteiger partial charge in [0.05, 0.1) is 20.3 Å². The van der Waals surface area contributed by atoms with Gasteiger partial charge in [0.1, 0.15) is 11.5 Å². The minimum atomic E-state index is -1.13. The van der Waals surface area contributed by atoms with Crippen LogP contribution in [0, 0.1) is 0 Å². The summed E-state index contributed by atoms with van der Waals surface area (Å²) in [5, 5.41) is 0. The van der Waals surface area contributed by atoms with Gasteiger partial charge in [-0.2, -0.15) is 0 Å². The van der Waals surface area contributed by atoms with Crippen molar-refractivity contribution in [3.63, 3.8) is 0 Å². The van der Waals surface area contributed by atoms with E-state index in [1.807, 2.05) is 78.9 Å². The van der Waals surface area contributed by atoms with Gasteiger partial charge in [0.15, 0.2) is 4.21 Å². The lowest BCUT2D eigenvalue weighted by Crippen LogP contribution is -2.64. The van der Waals surface area contributed by atoms with Crippen molar-refractivity contribution in [3.05, 3.63) is 84.4 Å². The van der Waals surface area contributed by atoms with E-state index < -0.39 is 4.21 Å². The second-order valence-electron chi connectivity index (χ2n) is 6.61. The van der Waals surface area contributed by atoms with E-state index in [-0.39, 0.29) is 11.9 Å². The van der Waals surface area contributed by atoms with Gasteiger partial charge in [0.2, 0.25) is 0 Å². The minimum absolute atomic E-state index is 0.140. The number of hydrogen-bond donors (Lipinski definition) is 0. The number of rotatable bonds is 6. The van der Waals surface area contributed by atoms with Gasteiger partial charge in [0, 0.05) is 10.6 Å². The molecule has 0 N–H and O–H groups in total. The molecule has 0 aromatic heterocycles. The molecule has 6 heteroatoms. The second kappa shape index (κ2) is 8.01. The molecule has 148 valence electrons. The van der Waals surface area contributed by atoms with Gasteiger partial charge in [0.25, 0.3) is 5.91 Å². The molecule has 0 aliphatic carbocycles. The third-order valence-corrected chi connectivity index (χ3v) is 6.71. The number of β-lactam (4-membered cyclic amide) rings is 1. The maximum absolute atomic E-state index is 13.3. The third kappa shape index (κ3) is 3.56. The average molecular weight is 426 g/mol. The quantitative estimate of drug-likeness (QED) is 0.385. The lowest BCUT2D eigenvalue weighted by molar-refractivity contribution is -0.125. The highest BCUT2D eigenvalue weighted by Crippen LogP contribution is 2.58. The minimum Gasteiger partial charge on any atom is -0.497 e. The van der Waals surface area contributed by atoms with Crippen LogP contribution in [0.4, 0.5) is 5.69 Å². The Kier molecular flexibility index (Phi) is 5.43. The first-order valence-corrected chi connectivity index (χ1v) is 10.3. The number of alkyl halides is 1. The molecule has 1 aliphatic rings. The first-order valence-electron chi connectivity index (χ1n) is 9.11. The largest absolute Gasteiger partial charge is 0.497 e. The Bertz CT molecular complexity index is 995. The van der Waals surface area contributed by atoms with Gasteiger partial charge in [-0.15, -0.1) is 0 Å². The highest BCUT2D eigenvalue weighted by atomic mass is 35.5. The lowest BCUT2D eigenvalue weighted by Gasteiger charge is -2.52. The van der Waals surface area contributed by atoms with Crippen molar-refractivity contribution >= 4 is 35.0 Å². The Balaban J connectivity index is 1.73. The predicted octanol–water partition coefficient (Wildman–Crippen LogP) is 5.52. The molecule has 29 heavy (non-hydrogen) atoms. The second-order valence-corrected chi connectivity index (χ2v) is 8.75. The zero-order chi connectivity index (χ0) is 20.4. The summed E-state index contributed by atoms with van der Waals surface area (Å²) in [5.74, 6) is 1.35. The molecule has 3 aromatic rings. The Hall–Kier alpha value is -2.63. The number of carbonyl (C=O) groups excluding carboxylic acids is 1. The molecule has 0 saturated carbocycles. The topological polar surface area (TPSA) is 38.8 Å². The Morgan fingerprint density at radius 1 is 0.862 bits per heavy atom. The Morgan fingerprint density at radius 2 is 1.41 bits per heavy atom. The third-order valence-electron chi connectivity index (χ3n) is 4.91. The molecule has 1 fully saturated rings. The van der Waals surface area contributed by atoms with Crippen LogP contribution in [0.25, 0.3) is 0 Å². The molecule has 2 atom stereocenters. The zero-order valence-electron chi connectivity index (χ0n) is 16.0. The smallest absolute Gasteiger partial charge is 0.262 e. The monoisotopic (exact) mass is 425 g/mol. The van der Waals surface area contributed by atoms with Gasteiger partial charge in [-0.1, -0.05) is 53.7 Å². The van der Waals surface area contributed by atoms with Crippen LogP contribution in [0.2, 0.25) is 0 Å². The van der Waals surface area contributed by atoms with Gasteiger partial charge < -0.3 is 9.47 Å². The number of amides is 1. The van der Waals surface area contributed by atoms with Gasteiger partial charge >= 0.3 is 0 Å². The fourth-order valence-electron chi connectivity index (χ4n) is 3.42. The van der Waals surface area contributed by atoms with Crippen molar-refractivity contribution in [2.75, 3.05) is 19.1 Å². The summed E-state index contributed by atoms with van der Waals surface area (Å²) in [6.07, 6.45) is 0. The van der Waals surface area contributed by atoms with Gasteiger partial charge in [-0.25, -0.2) is 0 Å². The van der Waals surface area contributed by atoms with Crippen LogP contribution in [0.15, 0.2) is 83.8 Å². The Morgan fingerprint density at radius 3 is 1.97 bits per heavy atom. The van der Waals surface area contributed by atoms with Crippen molar-refractivity contribution < 1.29 is 14.3 Å². The van der Waals surface area contributed by atoms with Crippen molar-refractivity contribution in [3.8, 4) is 11.5 Å². The van der Waals surface area contributed by atoms with Crippen molar-refractivity contribution in [1.29, 1.82) is 0 Å². The number of nitrogens with zero attached hydrogens (tertiary/aromatic N) is 1. The molecule has 4 rings (SSSR count). The van der Waals surface area contributed by atoms with Crippen LogP contribution >= 0.6 is 23.4 Å². The summed E-state index contributed by atoms with van der Waals surface area (Å²) in [4.78, 5) is 16.0. The molecule has 1 amide bonds. The van der Waals surface area contributed by atoms with E-state index >= 15 is 0 Å². The molecule has 1 aliphatic heterocycles. The van der Waals surface area contributed by atoms with Crippen molar-refractivity contribution in [2.45, 2.75) is 15.1 Å². The number of anilines is 1. The average Bonchev–Trinajstić information content (AvgIpc) is 2.78. The van der Waals surface area contributed by atoms with E-state index in [0.717, 1.165) is 27.6 Å². The number of thioether (sulfide) groups is 1. The number of halogens is 1. The van der Waals surface area contributed by atoms with Gasteiger partial charge in [-0.05, 0) is 54.1 Å². The molecule has 3 aromatic carbocycles. The van der Waals surface area contributed by atoms with Crippen LogP contribution in [-0.2, 0) is 4.79 Å². The van der Waals surface area contributed by atoms with E-state index in [9.17, 15) is 4.79 Å². The van der Waals surface area contributed by atoms with E-state index in [4.69, 9.17) is 21.1 Å². The van der Waals surface area contributed by atoms with Gasteiger partial charge in [-0.3, -0.25) is 9.69 Å². The Labute approximate surface area is 179 Å². The normalized spacial score (nSPS) is 20.9. The van der Waals surface area contributed by atoms with Crippen LogP contribution in [0.5, 0.6) is 11.5 Å². The molecule has 1 heterocycles. The van der Waals surface area contributed by atoms with E-state index in [0.29, 0.717) is 0 Å². The summed E-state index contributed by atoms with van der Waals surface area (Å²) in [7, 11) is 3.24. The van der Waals surface area contributed by atoms with Crippen LogP contribution in [-0.4, -0.2) is 24.3 Å². The number of ether oxygens (including phenoxy) is 2. The van der Waals surface area contributed by atoms with Crippen LogP contribution in [0.3, 0.4) is 0 Å². The summed E-state index contributed by atoms with van der Waals surface area (Å²) < 4.78 is 9.38. The number of carbonyl (C=O) groups is 1. The molecule has 0 spiro atoms. The first kappa shape index (κ1) is 19.7. The molecular weight excluding hydrogens is 406 g/mol. The molecule has 4 nitrogen and oxygen atoms in total. The fourth-order valence-corrected chi connectivity index (χ4v) is 5.17. The molecular formula is C23H20ClNO3S. The highest BCUT2D eigenvalue weighted by molar-refractivity contribution is 8.03. The standard InChI is InChI=1S/C23H20ClNO3S/c1-27-18-12-8-16(9-13-18)21-23(24,29-20-6-4-3-5-7-20)22(26)25(21)17-10-14-19(28-2)15-11-17/h3-15,21H,1-2H3/t21-,23+/m1/s1. The number of methoxy groups -OCH3 is 2. The summed E-state index contributed by atoms with van der Waals surface area (Å²) in [6, 6.07) is 24.5. The van der Waals surface area contributed by atoms with Crippen LogP contribution < -0.4 is 14.4 Å². The maximum Gasteiger partial charge on any atom is 0.262 e. The highest BCUT2D eigenvalue weighted by Gasteiger charge is 2.62. The number of benzene rings is 3. The molecule has 0 radical (unpaired) electrons. The molecule has 0 unspecified atom stereocenters. The first-order chi connectivity index (χ1) is 14.1. The predicted molar refractivity (Wildman–Crippen MR) is 117 cm³/mol. The van der Waals surface area contributed by atoms with E-state index in [2.05, 4.69) is 0 Å². The van der Waals surface area contributed by atoms with Crippen LogP contribution in [0.1, 0.15) is 11.6 Å². The molecule has 0 bridgehead atoms. The summed E-state index contributed by atoms with van der Waals surface area (Å²) in [5.41, 5.74) is 1.72. The lowest BCUT2D eigenvalue weighted by atomic mass is 9.91. The number of hydrogen-bond acceptors (Lipinski definition) is 4. The van der Waals surface area contributed by atoms with Crippen molar-refractivity contribution in [2.24, 2.45) is 0 Å². The maximum atomic E-state index is 13.3. The summed E-state index contributed by atoms with van der Waals surface area (Å²) >= 11 is 8.36. The van der Waals surface area contributed by atoms with E-state index in [1.165, 1.54) is 11.8 Å². The SMILES string of the molecule is COc1ccc([C@H]2N(c3ccc(OC)cc3)C(=O)[C@@]2(Cl)Sc2ccccc2)cc1.